The van der Waals surface area contributed by atoms with Gasteiger partial charge in [0.1, 0.15) is 5.82 Å². The zero-order chi connectivity index (χ0) is 17.1. The molecule has 4 rings (SSSR count). The van der Waals surface area contributed by atoms with Gasteiger partial charge in [-0.3, -0.25) is 4.79 Å². The van der Waals surface area contributed by atoms with Crippen LogP contribution >= 0.6 is 0 Å². The number of carbonyl (C=O) groups is 1. The smallest absolute Gasteiger partial charge is 0.239 e. The average Bonchev–Trinajstić information content (AvgIpc) is 3.12. The zero-order valence-electron chi connectivity index (χ0n) is 14.4. The summed E-state index contributed by atoms with van der Waals surface area (Å²) in [5.41, 5.74) is 2.39. The monoisotopic (exact) mass is 339 g/mol. The van der Waals surface area contributed by atoms with E-state index < -0.39 is 0 Å². The van der Waals surface area contributed by atoms with Crippen LogP contribution in [0.1, 0.15) is 30.1 Å². The van der Waals surface area contributed by atoms with Gasteiger partial charge in [-0.05, 0) is 30.5 Å². The molecule has 0 unspecified atom stereocenters. The van der Waals surface area contributed by atoms with Gasteiger partial charge >= 0.3 is 0 Å². The fourth-order valence-corrected chi connectivity index (χ4v) is 3.77. The second-order valence-corrected chi connectivity index (χ2v) is 6.89. The first-order valence-corrected chi connectivity index (χ1v) is 9.12. The highest BCUT2D eigenvalue weighted by Crippen LogP contribution is 2.25. The number of piperazine rings is 1. The van der Waals surface area contributed by atoms with E-state index in [9.17, 15) is 4.79 Å². The summed E-state index contributed by atoms with van der Waals surface area (Å²) in [4.78, 5) is 18.1. The van der Waals surface area contributed by atoms with Crippen LogP contribution in [0.25, 0.3) is 0 Å². The van der Waals surface area contributed by atoms with Gasteiger partial charge in [0, 0.05) is 56.7 Å². The van der Waals surface area contributed by atoms with Crippen molar-refractivity contribution in [3.63, 3.8) is 0 Å². The van der Waals surface area contributed by atoms with E-state index >= 15 is 0 Å². The van der Waals surface area contributed by atoms with Crippen LogP contribution in [0.3, 0.4) is 0 Å². The van der Waals surface area contributed by atoms with Crippen LogP contribution in [-0.4, -0.2) is 41.6 Å². The van der Waals surface area contributed by atoms with E-state index in [-0.39, 0.29) is 5.91 Å². The molecule has 1 atom stereocenters. The first-order valence-electron chi connectivity index (χ1n) is 9.12. The van der Waals surface area contributed by atoms with Crippen molar-refractivity contribution in [1.29, 1.82) is 0 Å². The van der Waals surface area contributed by atoms with Crippen LogP contribution in [0, 0.1) is 0 Å². The maximum absolute atomic E-state index is 11.5. The van der Waals surface area contributed by atoms with E-state index in [0.29, 0.717) is 12.5 Å². The molecule has 0 saturated carbocycles. The van der Waals surface area contributed by atoms with Gasteiger partial charge in [0.25, 0.3) is 0 Å². The number of imidazole rings is 1. The van der Waals surface area contributed by atoms with Crippen molar-refractivity contribution in [2.24, 2.45) is 0 Å². The Labute approximate surface area is 148 Å². The molecule has 6 heteroatoms. The van der Waals surface area contributed by atoms with Crippen LogP contribution < -0.4 is 15.5 Å². The van der Waals surface area contributed by atoms with Gasteiger partial charge in [0.05, 0.1) is 6.54 Å². The Morgan fingerprint density at radius 1 is 1.24 bits per heavy atom. The number of amides is 1. The molecule has 0 bridgehead atoms. The highest BCUT2D eigenvalue weighted by molar-refractivity contribution is 5.82. The quantitative estimate of drug-likeness (QED) is 0.866. The SMILES string of the molecule is O=C1CN(c2ccc(CNC[C@H]3CCCn4ccnc43)cc2)CCN1. The van der Waals surface area contributed by atoms with E-state index in [0.717, 1.165) is 38.4 Å². The van der Waals surface area contributed by atoms with Gasteiger partial charge in [0.2, 0.25) is 5.91 Å². The molecule has 1 aromatic heterocycles. The van der Waals surface area contributed by atoms with Crippen LogP contribution in [0.15, 0.2) is 36.7 Å². The molecule has 0 aliphatic carbocycles. The minimum atomic E-state index is 0.0998. The summed E-state index contributed by atoms with van der Waals surface area (Å²) in [6.45, 7) is 4.97. The number of aromatic nitrogens is 2. The lowest BCUT2D eigenvalue weighted by atomic mass is 9.99. The average molecular weight is 339 g/mol. The van der Waals surface area contributed by atoms with Gasteiger partial charge in [-0.1, -0.05) is 12.1 Å². The molecule has 2 N–H and O–H groups in total. The number of nitrogens with one attached hydrogen (secondary N) is 2. The number of nitrogens with zero attached hydrogens (tertiary/aromatic N) is 3. The van der Waals surface area contributed by atoms with E-state index in [1.807, 2.05) is 6.20 Å². The van der Waals surface area contributed by atoms with Crippen molar-refractivity contribution in [2.45, 2.75) is 31.8 Å². The summed E-state index contributed by atoms with van der Waals surface area (Å²) in [5.74, 6) is 1.83. The molecule has 3 heterocycles. The highest BCUT2D eigenvalue weighted by Gasteiger charge is 2.20. The number of carbonyl (C=O) groups excluding carboxylic acids is 1. The molecular weight excluding hydrogens is 314 g/mol. The lowest BCUT2D eigenvalue weighted by Crippen LogP contribution is -2.47. The van der Waals surface area contributed by atoms with Crippen molar-refractivity contribution in [3.05, 3.63) is 48.0 Å². The first kappa shape index (κ1) is 16.1. The number of hydrogen-bond donors (Lipinski definition) is 2. The Balaban J connectivity index is 1.30. The Morgan fingerprint density at radius 2 is 2.12 bits per heavy atom. The Morgan fingerprint density at radius 3 is 2.96 bits per heavy atom. The van der Waals surface area contributed by atoms with Crippen molar-refractivity contribution >= 4 is 11.6 Å². The summed E-state index contributed by atoms with van der Waals surface area (Å²) < 4.78 is 2.28. The van der Waals surface area contributed by atoms with Crippen LogP contribution in [0.5, 0.6) is 0 Å². The van der Waals surface area contributed by atoms with E-state index in [4.69, 9.17) is 0 Å². The van der Waals surface area contributed by atoms with Crippen LogP contribution in [-0.2, 0) is 17.9 Å². The van der Waals surface area contributed by atoms with E-state index in [2.05, 4.69) is 55.5 Å². The number of anilines is 1. The molecule has 1 amide bonds. The summed E-state index contributed by atoms with van der Waals surface area (Å²) in [5, 5.41) is 6.44. The normalized spacial score (nSPS) is 20.2. The molecule has 1 fully saturated rings. The molecule has 6 nitrogen and oxygen atoms in total. The van der Waals surface area contributed by atoms with Crippen molar-refractivity contribution in [3.8, 4) is 0 Å². The second-order valence-electron chi connectivity index (χ2n) is 6.89. The molecule has 0 radical (unpaired) electrons. The zero-order valence-corrected chi connectivity index (χ0v) is 14.4. The highest BCUT2D eigenvalue weighted by atomic mass is 16.2. The van der Waals surface area contributed by atoms with Gasteiger partial charge in [-0.15, -0.1) is 0 Å². The van der Waals surface area contributed by atoms with Crippen molar-refractivity contribution in [2.75, 3.05) is 31.1 Å². The van der Waals surface area contributed by atoms with E-state index in [1.54, 1.807) is 0 Å². The van der Waals surface area contributed by atoms with E-state index in [1.165, 1.54) is 24.2 Å². The summed E-state index contributed by atoms with van der Waals surface area (Å²) in [6, 6.07) is 8.53. The minimum Gasteiger partial charge on any atom is -0.360 e. The molecule has 1 aromatic carbocycles. The standard InChI is InChI=1S/C19H25N5O/c25-18-14-24(11-7-21-18)17-5-3-15(4-6-17)12-20-13-16-2-1-9-23-10-8-22-19(16)23/h3-6,8,10,16,20H,1-2,7,9,11-14H2,(H,21,25)/t16-/m1/s1. The fraction of sp³-hybridized carbons (Fsp3) is 0.474. The molecule has 132 valence electrons. The van der Waals surface area contributed by atoms with Gasteiger partial charge in [-0.25, -0.2) is 4.98 Å². The Kier molecular flexibility index (Phi) is 4.70. The van der Waals surface area contributed by atoms with Crippen LogP contribution in [0.4, 0.5) is 5.69 Å². The predicted molar refractivity (Wildman–Crippen MR) is 97.6 cm³/mol. The van der Waals surface area contributed by atoms with Crippen molar-refractivity contribution in [1.82, 2.24) is 20.2 Å². The fourth-order valence-electron chi connectivity index (χ4n) is 3.77. The Bertz CT molecular complexity index is 724. The molecule has 1 saturated heterocycles. The summed E-state index contributed by atoms with van der Waals surface area (Å²) in [6.07, 6.45) is 6.43. The molecule has 2 aromatic rings. The third-order valence-electron chi connectivity index (χ3n) is 5.12. The molecule has 2 aliphatic heterocycles. The maximum Gasteiger partial charge on any atom is 0.239 e. The van der Waals surface area contributed by atoms with Crippen molar-refractivity contribution < 1.29 is 4.79 Å². The first-order chi connectivity index (χ1) is 12.3. The van der Waals surface area contributed by atoms with Gasteiger partial charge in [0.15, 0.2) is 0 Å². The summed E-state index contributed by atoms with van der Waals surface area (Å²) >= 11 is 0. The predicted octanol–water partition coefficient (Wildman–Crippen LogP) is 1.49. The molecule has 2 aliphatic rings. The third kappa shape index (κ3) is 3.69. The maximum atomic E-state index is 11.5. The van der Waals surface area contributed by atoms with Gasteiger partial charge in [-0.2, -0.15) is 0 Å². The minimum absolute atomic E-state index is 0.0998. The number of hydrogen-bond acceptors (Lipinski definition) is 4. The lowest BCUT2D eigenvalue weighted by Gasteiger charge is -2.28. The molecule has 25 heavy (non-hydrogen) atoms. The molecular formula is C19H25N5O. The number of aryl methyl sites for hydroxylation is 1. The summed E-state index contributed by atoms with van der Waals surface area (Å²) in [7, 11) is 0. The van der Waals surface area contributed by atoms with Gasteiger partial charge < -0.3 is 20.1 Å². The number of rotatable bonds is 5. The number of fused-ring (bicyclic) bond motifs is 1. The molecule has 0 spiro atoms. The third-order valence-corrected chi connectivity index (χ3v) is 5.12. The Hall–Kier alpha value is -2.34. The largest absolute Gasteiger partial charge is 0.360 e. The van der Waals surface area contributed by atoms with Crippen LogP contribution in [0.2, 0.25) is 0 Å². The number of benzene rings is 1. The lowest BCUT2D eigenvalue weighted by molar-refractivity contribution is -0.120. The topological polar surface area (TPSA) is 62.2 Å². The second kappa shape index (κ2) is 7.27.